The van der Waals surface area contributed by atoms with Crippen molar-refractivity contribution in [1.82, 2.24) is 4.57 Å². The van der Waals surface area contributed by atoms with Crippen LogP contribution in [0, 0.1) is 11.8 Å². The van der Waals surface area contributed by atoms with Gasteiger partial charge in [-0.25, -0.2) is 0 Å². The summed E-state index contributed by atoms with van der Waals surface area (Å²) in [6, 6.07) is 67.6. The number of hydrogen-bond donors (Lipinski definition) is 0. The van der Waals surface area contributed by atoms with Crippen molar-refractivity contribution in [1.29, 1.82) is 0 Å². The smallest absolute Gasteiger partial charge is 0.137 e. The minimum absolute atomic E-state index is 0.117. The van der Waals surface area contributed by atoms with Crippen LogP contribution in [0.15, 0.2) is 191 Å². The summed E-state index contributed by atoms with van der Waals surface area (Å²) in [6.07, 6.45) is 3.09. The highest BCUT2D eigenvalue weighted by molar-refractivity contribution is 7.26. The van der Waals surface area contributed by atoms with Crippen LogP contribution >= 0.6 is 22.7 Å². The number of nitrogens with zero attached hydrogens (tertiary/aromatic N) is 2. The summed E-state index contributed by atoms with van der Waals surface area (Å²) in [5, 5.41) is 12.7. The molecule has 5 heteroatoms. The highest BCUT2D eigenvalue weighted by Crippen LogP contribution is 2.49. The molecule has 4 aromatic heterocycles. The van der Waals surface area contributed by atoms with E-state index in [1.54, 1.807) is 0 Å². The van der Waals surface area contributed by atoms with Gasteiger partial charge in [-0.15, -0.1) is 22.7 Å². The Labute approximate surface area is 396 Å². The standard InChI is InChI=1S/C62H46N2OS2/c1-3-40-41(43-22-14-28-56-58(43)45-20-8-12-26-54(45)66-56)31-30-36(2)61(63-62(40)47-23-15-29-57-59(47)46-21-9-13-27-55(46)67-57)39-34-51(60-44-19-7-11-25-52(44)65-53(60)35-39)64-49-24-10-6-18-42(49)48-32-37-16-4-5-17-38(37)33-50(48)64/h4-29,32-36,40-41,61H,3,30-31H2,1-2H3. The van der Waals surface area contributed by atoms with Crippen molar-refractivity contribution in [2.75, 3.05) is 0 Å². The highest BCUT2D eigenvalue weighted by Gasteiger charge is 2.36. The van der Waals surface area contributed by atoms with Gasteiger partial charge in [-0.3, -0.25) is 4.99 Å². The van der Waals surface area contributed by atoms with Gasteiger partial charge in [0.1, 0.15) is 11.2 Å². The zero-order valence-electron chi connectivity index (χ0n) is 37.4. The first-order valence-electron chi connectivity index (χ1n) is 23.9. The van der Waals surface area contributed by atoms with Crippen LogP contribution in [0.1, 0.15) is 61.8 Å². The van der Waals surface area contributed by atoms with Gasteiger partial charge in [0.25, 0.3) is 0 Å². The van der Waals surface area contributed by atoms with Gasteiger partial charge in [0.15, 0.2) is 0 Å². The van der Waals surface area contributed by atoms with Crippen LogP contribution in [0.3, 0.4) is 0 Å². The number of aliphatic imine (C=N–C) groups is 1. The number of furan rings is 1. The Kier molecular flexibility index (Phi) is 8.91. The second kappa shape index (κ2) is 15.2. The van der Waals surface area contributed by atoms with Gasteiger partial charge >= 0.3 is 0 Å². The molecular formula is C62H46N2OS2. The lowest BCUT2D eigenvalue weighted by Crippen LogP contribution is -2.28. The van der Waals surface area contributed by atoms with E-state index in [-0.39, 0.29) is 23.8 Å². The molecule has 0 N–H and O–H groups in total. The first kappa shape index (κ1) is 39.1. The Morgan fingerprint density at radius 2 is 1.18 bits per heavy atom. The second-order valence-electron chi connectivity index (χ2n) is 18.8. The number of fused-ring (bicyclic) bond motifs is 13. The summed E-state index contributed by atoms with van der Waals surface area (Å²) >= 11 is 3.82. The van der Waals surface area contributed by atoms with E-state index < -0.39 is 0 Å². The monoisotopic (exact) mass is 898 g/mol. The largest absolute Gasteiger partial charge is 0.456 e. The summed E-state index contributed by atoms with van der Waals surface area (Å²) in [5.74, 6) is 0.710. The molecule has 5 heterocycles. The lowest BCUT2D eigenvalue weighted by Gasteiger charge is -2.35. The van der Waals surface area contributed by atoms with Crippen molar-refractivity contribution in [2.45, 2.75) is 45.1 Å². The Morgan fingerprint density at radius 3 is 1.97 bits per heavy atom. The quantitative estimate of drug-likeness (QED) is 0.169. The summed E-state index contributed by atoms with van der Waals surface area (Å²) in [6.45, 7) is 4.85. The van der Waals surface area contributed by atoms with E-state index in [2.05, 4.69) is 200 Å². The Morgan fingerprint density at radius 1 is 0.537 bits per heavy atom. The average Bonchev–Trinajstić information content (AvgIpc) is 4.13. The van der Waals surface area contributed by atoms with E-state index in [4.69, 9.17) is 9.41 Å². The fourth-order valence-electron chi connectivity index (χ4n) is 12.1. The molecule has 0 fully saturated rings. The Bertz CT molecular complexity index is 4160. The van der Waals surface area contributed by atoms with Gasteiger partial charge in [0.05, 0.1) is 28.1 Å². The summed E-state index contributed by atoms with van der Waals surface area (Å²) in [7, 11) is 0. The zero-order chi connectivity index (χ0) is 44.3. The van der Waals surface area contributed by atoms with Gasteiger partial charge < -0.3 is 8.98 Å². The SMILES string of the molecule is CCC1C(c2cccc3sc4ccccc4c23)=NC(c2cc(-n3c4ccccc4c4cc5ccccc5cc43)c3c(c2)oc2ccccc23)C(C)CCC1c1cccc2sc3ccccc3c12. The molecule has 0 bridgehead atoms. The summed E-state index contributed by atoms with van der Waals surface area (Å²) in [4.78, 5) is 6.27. The fourth-order valence-corrected chi connectivity index (χ4v) is 14.4. The van der Waals surface area contributed by atoms with Crippen molar-refractivity contribution in [3.8, 4) is 5.69 Å². The number of aromatic nitrogens is 1. The number of para-hydroxylation sites is 2. The molecule has 0 saturated carbocycles. The molecule has 13 aromatic rings. The molecule has 0 amide bonds. The minimum atomic E-state index is -0.117. The molecule has 0 saturated heterocycles. The van der Waals surface area contributed by atoms with Gasteiger partial charge in [-0.05, 0) is 114 Å². The van der Waals surface area contributed by atoms with E-state index >= 15 is 0 Å². The number of hydrogen-bond acceptors (Lipinski definition) is 4. The van der Waals surface area contributed by atoms with Crippen LogP contribution in [0.25, 0.3) is 101 Å². The van der Waals surface area contributed by atoms with Gasteiger partial charge in [0.2, 0.25) is 0 Å². The molecule has 67 heavy (non-hydrogen) atoms. The van der Waals surface area contributed by atoms with Gasteiger partial charge in [0, 0.05) is 73.7 Å². The van der Waals surface area contributed by atoms with Crippen LogP contribution in [0.2, 0.25) is 0 Å². The van der Waals surface area contributed by atoms with Crippen molar-refractivity contribution >= 4 is 123 Å². The Hall–Kier alpha value is -7.05. The predicted molar refractivity (Wildman–Crippen MR) is 288 cm³/mol. The van der Waals surface area contributed by atoms with E-state index in [0.29, 0.717) is 0 Å². The molecule has 4 atom stereocenters. The van der Waals surface area contributed by atoms with E-state index in [1.165, 1.54) is 95.3 Å². The molecule has 14 rings (SSSR count). The number of rotatable bonds is 5. The number of benzene rings is 9. The minimum Gasteiger partial charge on any atom is -0.456 e. The van der Waals surface area contributed by atoms with Crippen molar-refractivity contribution in [2.24, 2.45) is 16.8 Å². The molecular weight excluding hydrogens is 853 g/mol. The normalized spacial score (nSPS) is 18.3. The predicted octanol–water partition coefficient (Wildman–Crippen LogP) is 18.3. The maximum atomic E-state index is 6.94. The highest BCUT2D eigenvalue weighted by atomic mass is 32.1. The van der Waals surface area contributed by atoms with Crippen LogP contribution in [-0.2, 0) is 0 Å². The molecule has 1 aliphatic rings. The lowest BCUT2D eigenvalue weighted by atomic mass is 9.72. The molecule has 9 aromatic carbocycles. The maximum Gasteiger partial charge on any atom is 0.137 e. The van der Waals surface area contributed by atoms with E-state index in [0.717, 1.165) is 46.9 Å². The van der Waals surface area contributed by atoms with Gasteiger partial charge in [-0.2, -0.15) is 0 Å². The van der Waals surface area contributed by atoms with Crippen LogP contribution in [0.5, 0.6) is 0 Å². The first-order chi connectivity index (χ1) is 33.1. The zero-order valence-corrected chi connectivity index (χ0v) is 39.0. The van der Waals surface area contributed by atoms with E-state index in [1.807, 2.05) is 22.7 Å². The topological polar surface area (TPSA) is 30.4 Å². The molecule has 0 spiro atoms. The third kappa shape index (κ3) is 5.97. The molecule has 322 valence electrons. The van der Waals surface area contributed by atoms with Crippen LogP contribution in [-0.4, -0.2) is 10.3 Å². The van der Waals surface area contributed by atoms with Crippen molar-refractivity contribution in [3.05, 3.63) is 199 Å². The third-order valence-corrected chi connectivity index (χ3v) is 17.4. The summed E-state index contributed by atoms with van der Waals surface area (Å²) in [5.41, 5.74) is 10.5. The fraction of sp³-hybridized carbons (Fsp3) is 0.145. The molecule has 1 aliphatic heterocycles. The Balaban J connectivity index is 1.05. The summed E-state index contributed by atoms with van der Waals surface area (Å²) < 4.78 is 14.8. The number of thiophene rings is 2. The second-order valence-corrected chi connectivity index (χ2v) is 21.0. The van der Waals surface area contributed by atoms with Crippen molar-refractivity contribution < 1.29 is 4.42 Å². The lowest BCUT2D eigenvalue weighted by molar-refractivity contribution is 0.363. The van der Waals surface area contributed by atoms with E-state index in [9.17, 15) is 0 Å². The molecule has 3 nitrogen and oxygen atoms in total. The third-order valence-electron chi connectivity index (χ3n) is 15.1. The van der Waals surface area contributed by atoms with Gasteiger partial charge in [-0.1, -0.05) is 135 Å². The molecule has 4 unspecified atom stereocenters. The van der Waals surface area contributed by atoms with Crippen molar-refractivity contribution in [3.63, 3.8) is 0 Å². The molecule has 0 radical (unpaired) electrons. The maximum absolute atomic E-state index is 6.94. The van der Waals surface area contributed by atoms with Crippen LogP contribution < -0.4 is 0 Å². The first-order valence-corrected chi connectivity index (χ1v) is 25.5. The van der Waals surface area contributed by atoms with Crippen LogP contribution in [0.4, 0.5) is 0 Å². The average molecular weight is 899 g/mol. The molecule has 0 aliphatic carbocycles.